The van der Waals surface area contributed by atoms with Crippen LogP contribution in [0.4, 0.5) is 11.6 Å². The molecule has 0 fully saturated rings. The zero-order valence-electron chi connectivity index (χ0n) is 10.2. The molecule has 1 aromatic heterocycles. The first-order chi connectivity index (χ1) is 8.83. The van der Waals surface area contributed by atoms with Crippen molar-refractivity contribution in [2.75, 3.05) is 17.2 Å². The number of nitrogens with zero attached hydrogens (tertiary/aromatic N) is 3. The van der Waals surface area contributed by atoms with Gasteiger partial charge in [0.15, 0.2) is 0 Å². The van der Waals surface area contributed by atoms with Crippen molar-refractivity contribution in [3.8, 4) is 0 Å². The van der Waals surface area contributed by atoms with Crippen molar-refractivity contribution in [3.05, 3.63) is 47.8 Å². The molecule has 0 radical (unpaired) electrons. The Bertz CT molecular complexity index is 553. The fraction of sp³-hybridized carbons (Fsp3) is 0.286. The zero-order valence-corrected chi connectivity index (χ0v) is 10.2. The number of benzene rings is 1. The van der Waals surface area contributed by atoms with Crippen LogP contribution in [0.2, 0.25) is 0 Å². The highest BCUT2D eigenvalue weighted by atomic mass is 15.2. The first kappa shape index (κ1) is 11.0. The second-order valence-electron chi connectivity index (χ2n) is 4.59. The van der Waals surface area contributed by atoms with Crippen LogP contribution in [-0.2, 0) is 13.0 Å². The van der Waals surface area contributed by atoms with E-state index < -0.39 is 0 Å². The molecule has 4 nitrogen and oxygen atoms in total. The van der Waals surface area contributed by atoms with Gasteiger partial charge < -0.3 is 10.6 Å². The highest BCUT2D eigenvalue weighted by molar-refractivity contribution is 5.47. The molecule has 1 aromatic carbocycles. The van der Waals surface area contributed by atoms with Gasteiger partial charge in [-0.1, -0.05) is 24.3 Å². The fourth-order valence-corrected chi connectivity index (χ4v) is 2.43. The van der Waals surface area contributed by atoms with Crippen molar-refractivity contribution in [2.45, 2.75) is 19.4 Å². The van der Waals surface area contributed by atoms with E-state index in [0.717, 1.165) is 31.7 Å². The number of aromatic nitrogens is 2. The van der Waals surface area contributed by atoms with Crippen LogP contribution >= 0.6 is 0 Å². The Labute approximate surface area is 106 Å². The third-order valence-corrected chi connectivity index (χ3v) is 3.35. The molecule has 2 heterocycles. The molecule has 2 N–H and O–H groups in total. The van der Waals surface area contributed by atoms with Gasteiger partial charge in [-0.15, -0.1) is 0 Å². The lowest BCUT2D eigenvalue weighted by Gasteiger charge is -2.21. The lowest BCUT2D eigenvalue weighted by atomic mass is 10.0. The smallest absolute Gasteiger partial charge is 0.134 e. The maximum Gasteiger partial charge on any atom is 0.134 e. The van der Waals surface area contributed by atoms with Crippen LogP contribution in [0.1, 0.15) is 17.5 Å². The van der Waals surface area contributed by atoms with Gasteiger partial charge in [-0.05, 0) is 24.0 Å². The van der Waals surface area contributed by atoms with E-state index in [1.54, 1.807) is 0 Å². The minimum Gasteiger partial charge on any atom is -0.384 e. The summed E-state index contributed by atoms with van der Waals surface area (Å²) < 4.78 is 0. The molecule has 0 aliphatic carbocycles. The van der Waals surface area contributed by atoms with E-state index in [1.807, 2.05) is 6.07 Å². The van der Waals surface area contributed by atoms with Crippen LogP contribution in [0.3, 0.4) is 0 Å². The predicted molar refractivity (Wildman–Crippen MR) is 72.3 cm³/mol. The molecule has 92 valence electrons. The fourth-order valence-electron chi connectivity index (χ4n) is 2.43. The maximum absolute atomic E-state index is 5.72. The van der Waals surface area contributed by atoms with Gasteiger partial charge in [0.25, 0.3) is 0 Å². The number of nitrogen functional groups attached to an aromatic ring is 1. The summed E-state index contributed by atoms with van der Waals surface area (Å²) in [5, 5.41) is 0. The first-order valence-electron chi connectivity index (χ1n) is 6.22. The summed E-state index contributed by atoms with van der Waals surface area (Å²) in [7, 11) is 0. The molecule has 0 saturated carbocycles. The van der Waals surface area contributed by atoms with Gasteiger partial charge >= 0.3 is 0 Å². The van der Waals surface area contributed by atoms with E-state index >= 15 is 0 Å². The van der Waals surface area contributed by atoms with Gasteiger partial charge in [-0.25, -0.2) is 9.97 Å². The summed E-state index contributed by atoms with van der Waals surface area (Å²) in [5.74, 6) is 1.44. The lowest BCUT2D eigenvalue weighted by molar-refractivity contribution is 0.753. The summed E-state index contributed by atoms with van der Waals surface area (Å²) in [6, 6.07) is 10.5. The van der Waals surface area contributed by atoms with Gasteiger partial charge in [-0.3, -0.25) is 0 Å². The van der Waals surface area contributed by atoms with Crippen molar-refractivity contribution < 1.29 is 0 Å². The Kier molecular flexibility index (Phi) is 2.84. The Balaban J connectivity index is 1.91. The molecule has 3 rings (SSSR count). The van der Waals surface area contributed by atoms with E-state index in [4.69, 9.17) is 5.73 Å². The number of rotatable bonds is 1. The van der Waals surface area contributed by atoms with E-state index in [1.165, 1.54) is 17.5 Å². The molecule has 0 bridgehead atoms. The largest absolute Gasteiger partial charge is 0.384 e. The number of hydrogen-bond donors (Lipinski definition) is 1. The first-order valence-corrected chi connectivity index (χ1v) is 6.22. The normalized spacial score (nSPS) is 15.0. The quantitative estimate of drug-likeness (QED) is 0.828. The molecule has 4 heteroatoms. The van der Waals surface area contributed by atoms with Crippen molar-refractivity contribution in [1.29, 1.82) is 0 Å². The summed E-state index contributed by atoms with van der Waals surface area (Å²) in [5.41, 5.74) is 8.55. The van der Waals surface area contributed by atoms with Gasteiger partial charge in [0.2, 0.25) is 0 Å². The summed E-state index contributed by atoms with van der Waals surface area (Å²) in [4.78, 5) is 10.5. The van der Waals surface area contributed by atoms with Crippen molar-refractivity contribution in [1.82, 2.24) is 9.97 Å². The second-order valence-corrected chi connectivity index (χ2v) is 4.59. The number of fused-ring (bicyclic) bond motifs is 1. The Morgan fingerprint density at radius 2 is 1.94 bits per heavy atom. The highest BCUT2D eigenvalue weighted by Crippen LogP contribution is 2.22. The molecular weight excluding hydrogens is 224 g/mol. The SMILES string of the molecule is Nc1cc(N2CCCc3ccccc3C2)ncn1. The van der Waals surface area contributed by atoms with Gasteiger partial charge in [-0.2, -0.15) is 0 Å². The van der Waals surface area contributed by atoms with Crippen molar-refractivity contribution >= 4 is 11.6 Å². The van der Waals surface area contributed by atoms with Crippen molar-refractivity contribution in [2.24, 2.45) is 0 Å². The number of hydrogen-bond acceptors (Lipinski definition) is 4. The molecule has 0 spiro atoms. The van der Waals surface area contributed by atoms with E-state index in [2.05, 4.69) is 39.1 Å². The number of nitrogens with two attached hydrogens (primary N) is 1. The minimum atomic E-state index is 0.525. The molecule has 0 saturated heterocycles. The molecular formula is C14H16N4. The Morgan fingerprint density at radius 3 is 2.78 bits per heavy atom. The van der Waals surface area contributed by atoms with Crippen LogP contribution < -0.4 is 10.6 Å². The summed E-state index contributed by atoms with van der Waals surface area (Å²) in [6.45, 7) is 1.90. The monoisotopic (exact) mass is 240 g/mol. The predicted octanol–water partition coefficient (Wildman–Crippen LogP) is 2.01. The zero-order chi connectivity index (χ0) is 12.4. The van der Waals surface area contributed by atoms with Crippen LogP contribution in [0.25, 0.3) is 0 Å². The molecule has 2 aromatic rings. The van der Waals surface area contributed by atoms with Gasteiger partial charge in [0.05, 0.1) is 0 Å². The topological polar surface area (TPSA) is 55.0 Å². The summed E-state index contributed by atoms with van der Waals surface area (Å²) >= 11 is 0. The maximum atomic E-state index is 5.72. The summed E-state index contributed by atoms with van der Waals surface area (Å²) in [6.07, 6.45) is 3.80. The van der Waals surface area contributed by atoms with Crippen molar-refractivity contribution in [3.63, 3.8) is 0 Å². The minimum absolute atomic E-state index is 0.525. The lowest BCUT2D eigenvalue weighted by Crippen LogP contribution is -2.23. The number of aryl methyl sites for hydroxylation is 1. The number of anilines is 2. The van der Waals surface area contributed by atoms with Crippen LogP contribution in [0.15, 0.2) is 36.7 Å². The van der Waals surface area contributed by atoms with Crippen LogP contribution in [0, 0.1) is 0 Å². The average Bonchev–Trinajstić information content (AvgIpc) is 2.60. The van der Waals surface area contributed by atoms with Gasteiger partial charge in [0.1, 0.15) is 18.0 Å². The van der Waals surface area contributed by atoms with Crippen LogP contribution in [-0.4, -0.2) is 16.5 Å². The molecule has 0 amide bonds. The Hall–Kier alpha value is -2.10. The third kappa shape index (κ3) is 2.14. The molecule has 0 unspecified atom stereocenters. The van der Waals surface area contributed by atoms with E-state index in [-0.39, 0.29) is 0 Å². The molecule has 0 atom stereocenters. The Morgan fingerprint density at radius 1 is 1.11 bits per heavy atom. The molecule has 1 aliphatic rings. The average molecular weight is 240 g/mol. The molecule has 18 heavy (non-hydrogen) atoms. The standard InChI is InChI=1S/C14H16N4/c15-13-8-14(17-10-16-13)18-7-3-6-11-4-1-2-5-12(11)9-18/h1-2,4-5,8,10H,3,6-7,9H2,(H2,15,16,17). The van der Waals surface area contributed by atoms with E-state index in [9.17, 15) is 0 Å². The second kappa shape index (κ2) is 4.64. The molecule has 1 aliphatic heterocycles. The van der Waals surface area contributed by atoms with E-state index in [0.29, 0.717) is 5.82 Å². The van der Waals surface area contributed by atoms with Gasteiger partial charge in [0, 0.05) is 19.2 Å². The van der Waals surface area contributed by atoms with Crippen LogP contribution in [0.5, 0.6) is 0 Å². The highest BCUT2D eigenvalue weighted by Gasteiger charge is 2.15. The third-order valence-electron chi connectivity index (χ3n) is 3.35.